The van der Waals surface area contributed by atoms with Gasteiger partial charge in [-0.15, -0.1) is 11.3 Å². The number of likely N-dealkylation sites (N-methyl/N-ethyl adjacent to an activating group) is 1. The molecule has 0 spiro atoms. The zero-order chi connectivity index (χ0) is 24.4. The van der Waals surface area contributed by atoms with Crippen LogP contribution in [0.1, 0.15) is 6.92 Å². The van der Waals surface area contributed by atoms with E-state index in [0.717, 1.165) is 36.4 Å². The maximum Gasteiger partial charge on any atom is 0.242 e. The Morgan fingerprint density at radius 1 is 1.06 bits per heavy atom. The highest BCUT2D eigenvalue weighted by atomic mass is 32.1. The quantitative estimate of drug-likeness (QED) is 0.389. The standard InChI is InChI=1S/C25H25FN6O2S/c1-16(33)27-17-4-3-5-19(14-17)34-24-23-21(8-13-35-23)29-25(30-24)28-18-6-7-22(20(26)15-18)32-11-9-31(2)10-12-32/h3-8,13-15H,9-12H2,1-2H3,(H,27,33)(H,28,29,30). The number of halogens is 1. The van der Waals surface area contributed by atoms with Crippen molar-refractivity contribution in [1.82, 2.24) is 14.9 Å². The molecule has 1 aliphatic rings. The topological polar surface area (TPSA) is 82.6 Å². The van der Waals surface area contributed by atoms with Crippen molar-refractivity contribution in [2.45, 2.75) is 6.92 Å². The third kappa shape index (κ3) is 5.33. The fourth-order valence-electron chi connectivity index (χ4n) is 3.93. The summed E-state index contributed by atoms with van der Waals surface area (Å²) >= 11 is 1.47. The van der Waals surface area contributed by atoms with E-state index >= 15 is 0 Å². The van der Waals surface area contributed by atoms with Crippen LogP contribution in [-0.4, -0.2) is 54.0 Å². The first kappa shape index (κ1) is 23.0. The van der Waals surface area contributed by atoms with Crippen LogP contribution in [0.25, 0.3) is 10.2 Å². The summed E-state index contributed by atoms with van der Waals surface area (Å²) in [6, 6.07) is 14.0. The first-order valence-corrected chi connectivity index (χ1v) is 12.1. The summed E-state index contributed by atoms with van der Waals surface area (Å²) in [5, 5.41) is 7.76. The Bertz CT molecular complexity index is 1370. The molecule has 0 atom stereocenters. The number of aromatic nitrogens is 2. The van der Waals surface area contributed by atoms with E-state index < -0.39 is 0 Å². The second-order valence-corrected chi connectivity index (χ2v) is 9.30. The Labute approximate surface area is 206 Å². The number of carbonyl (C=O) groups is 1. The number of ether oxygens (including phenoxy) is 1. The van der Waals surface area contributed by atoms with Crippen LogP contribution in [0.5, 0.6) is 11.6 Å². The summed E-state index contributed by atoms with van der Waals surface area (Å²) in [4.78, 5) is 24.8. The zero-order valence-corrected chi connectivity index (χ0v) is 20.2. The maximum absolute atomic E-state index is 14.9. The van der Waals surface area contributed by atoms with Gasteiger partial charge >= 0.3 is 0 Å². The second kappa shape index (κ2) is 9.85. The van der Waals surface area contributed by atoms with Gasteiger partial charge in [-0.1, -0.05) is 6.07 Å². The van der Waals surface area contributed by atoms with Crippen molar-refractivity contribution < 1.29 is 13.9 Å². The zero-order valence-electron chi connectivity index (χ0n) is 19.4. The van der Waals surface area contributed by atoms with E-state index in [1.54, 1.807) is 30.3 Å². The van der Waals surface area contributed by atoms with E-state index in [1.807, 2.05) is 17.5 Å². The molecule has 10 heteroatoms. The second-order valence-electron chi connectivity index (χ2n) is 8.38. The maximum atomic E-state index is 14.9. The number of nitrogens with zero attached hydrogens (tertiary/aromatic N) is 4. The number of hydrogen-bond donors (Lipinski definition) is 2. The highest BCUT2D eigenvalue weighted by Crippen LogP contribution is 2.34. The number of nitrogens with one attached hydrogen (secondary N) is 2. The van der Waals surface area contributed by atoms with Gasteiger partial charge in [0, 0.05) is 50.5 Å². The lowest BCUT2D eigenvalue weighted by molar-refractivity contribution is -0.114. The predicted octanol–water partition coefficient (Wildman–Crippen LogP) is 5.08. The van der Waals surface area contributed by atoms with Crippen LogP contribution >= 0.6 is 11.3 Å². The summed E-state index contributed by atoms with van der Waals surface area (Å²) in [7, 11) is 2.07. The SMILES string of the molecule is CC(=O)Nc1cccc(Oc2nc(Nc3ccc(N4CCN(C)CC4)c(F)c3)nc3ccsc23)c1. The molecule has 1 amide bonds. The molecule has 1 fully saturated rings. The number of hydrogen-bond acceptors (Lipinski definition) is 8. The summed E-state index contributed by atoms with van der Waals surface area (Å²) in [5.41, 5.74) is 2.49. The molecule has 0 unspecified atom stereocenters. The highest BCUT2D eigenvalue weighted by molar-refractivity contribution is 7.17. The molecule has 3 heterocycles. The molecule has 1 aliphatic heterocycles. The third-order valence-electron chi connectivity index (χ3n) is 5.69. The number of rotatable bonds is 6. The van der Waals surface area contributed by atoms with Crippen LogP contribution in [0, 0.1) is 5.82 Å². The Morgan fingerprint density at radius 2 is 1.89 bits per heavy atom. The molecule has 5 rings (SSSR count). The molecule has 35 heavy (non-hydrogen) atoms. The molecule has 0 saturated carbocycles. The fourth-order valence-corrected chi connectivity index (χ4v) is 4.69. The van der Waals surface area contributed by atoms with Crippen molar-refractivity contribution in [3.8, 4) is 11.6 Å². The Kier molecular flexibility index (Phi) is 6.47. The van der Waals surface area contributed by atoms with Crippen molar-refractivity contribution in [3.63, 3.8) is 0 Å². The largest absolute Gasteiger partial charge is 0.437 e. The van der Waals surface area contributed by atoms with Crippen LogP contribution in [0.15, 0.2) is 53.9 Å². The minimum atomic E-state index is -0.289. The lowest BCUT2D eigenvalue weighted by atomic mass is 10.2. The third-order valence-corrected chi connectivity index (χ3v) is 6.58. The number of piperazine rings is 1. The minimum absolute atomic E-state index is 0.165. The number of benzene rings is 2. The summed E-state index contributed by atoms with van der Waals surface area (Å²) in [6.45, 7) is 4.85. The van der Waals surface area contributed by atoms with Crippen LogP contribution in [0.3, 0.4) is 0 Å². The van der Waals surface area contributed by atoms with Gasteiger partial charge in [0.15, 0.2) is 0 Å². The first-order valence-electron chi connectivity index (χ1n) is 11.3. The van der Waals surface area contributed by atoms with E-state index in [4.69, 9.17) is 4.74 Å². The molecular formula is C25H25FN6O2S. The molecule has 0 aliphatic carbocycles. The lowest BCUT2D eigenvalue weighted by Crippen LogP contribution is -2.44. The predicted molar refractivity (Wildman–Crippen MR) is 138 cm³/mol. The van der Waals surface area contributed by atoms with Crippen LogP contribution in [0.4, 0.5) is 27.4 Å². The Morgan fingerprint density at radius 3 is 2.66 bits per heavy atom. The molecule has 4 aromatic rings. The summed E-state index contributed by atoms with van der Waals surface area (Å²) in [5.74, 6) is 0.750. The molecule has 0 radical (unpaired) electrons. The van der Waals surface area contributed by atoms with Crippen LogP contribution < -0.4 is 20.3 Å². The van der Waals surface area contributed by atoms with Gasteiger partial charge < -0.3 is 25.2 Å². The van der Waals surface area contributed by atoms with Crippen LogP contribution in [-0.2, 0) is 4.79 Å². The van der Waals surface area contributed by atoms with Gasteiger partial charge in [-0.2, -0.15) is 4.98 Å². The van der Waals surface area contributed by atoms with Crippen molar-refractivity contribution in [2.75, 3.05) is 48.8 Å². The summed E-state index contributed by atoms with van der Waals surface area (Å²) < 4.78 is 21.8. The Hall–Kier alpha value is -3.76. The van der Waals surface area contributed by atoms with Crippen molar-refractivity contribution in [1.29, 1.82) is 0 Å². The van der Waals surface area contributed by atoms with Crippen LogP contribution in [0.2, 0.25) is 0 Å². The van der Waals surface area contributed by atoms with Gasteiger partial charge in [0.2, 0.25) is 17.7 Å². The molecule has 2 aromatic carbocycles. The smallest absolute Gasteiger partial charge is 0.242 e. The number of anilines is 4. The van der Waals surface area contributed by atoms with Gasteiger partial charge in [-0.25, -0.2) is 9.37 Å². The van der Waals surface area contributed by atoms with Crippen molar-refractivity contribution in [3.05, 3.63) is 59.7 Å². The van der Waals surface area contributed by atoms with E-state index in [9.17, 15) is 9.18 Å². The summed E-state index contributed by atoms with van der Waals surface area (Å²) in [6.07, 6.45) is 0. The fraction of sp³-hybridized carbons (Fsp3) is 0.240. The minimum Gasteiger partial charge on any atom is -0.437 e. The van der Waals surface area contributed by atoms with E-state index in [-0.39, 0.29) is 11.7 Å². The van der Waals surface area contributed by atoms with Crippen molar-refractivity contribution in [2.24, 2.45) is 0 Å². The van der Waals surface area contributed by atoms with E-state index in [1.165, 1.54) is 24.3 Å². The molecule has 1 saturated heterocycles. The first-order chi connectivity index (χ1) is 16.9. The van der Waals surface area contributed by atoms with E-state index in [2.05, 4.69) is 37.4 Å². The lowest BCUT2D eigenvalue weighted by Gasteiger charge is -2.34. The normalized spacial score (nSPS) is 14.2. The van der Waals surface area contributed by atoms with Gasteiger partial charge in [0.05, 0.1) is 11.2 Å². The number of amides is 1. The average molecular weight is 493 g/mol. The number of fused-ring (bicyclic) bond motifs is 1. The van der Waals surface area contributed by atoms with E-state index in [0.29, 0.717) is 34.6 Å². The Balaban J connectivity index is 1.38. The monoisotopic (exact) mass is 492 g/mol. The molecule has 2 aromatic heterocycles. The average Bonchev–Trinajstić information content (AvgIpc) is 3.29. The molecule has 180 valence electrons. The number of thiophene rings is 1. The molecule has 8 nitrogen and oxygen atoms in total. The molecular weight excluding hydrogens is 467 g/mol. The van der Waals surface area contributed by atoms with Crippen molar-refractivity contribution >= 4 is 50.5 Å². The molecule has 0 bridgehead atoms. The van der Waals surface area contributed by atoms with Gasteiger partial charge in [-0.05, 0) is 48.8 Å². The molecule has 2 N–H and O–H groups in total. The van der Waals surface area contributed by atoms with Gasteiger partial charge in [-0.3, -0.25) is 4.79 Å². The highest BCUT2D eigenvalue weighted by Gasteiger charge is 2.18. The number of carbonyl (C=O) groups excluding carboxylic acids is 1. The van der Waals surface area contributed by atoms with Gasteiger partial charge in [0.1, 0.15) is 16.3 Å². The van der Waals surface area contributed by atoms with Gasteiger partial charge in [0.25, 0.3) is 0 Å².